The lowest BCUT2D eigenvalue weighted by atomic mass is 10.1. The summed E-state index contributed by atoms with van der Waals surface area (Å²) in [6.45, 7) is 4.96. The number of nitrogens with zero attached hydrogens (tertiary/aromatic N) is 1. The molecule has 1 saturated heterocycles. The Morgan fingerprint density at radius 2 is 2.08 bits per heavy atom. The van der Waals surface area contributed by atoms with Gasteiger partial charge in [0.1, 0.15) is 11.8 Å². The lowest BCUT2D eigenvalue weighted by Crippen LogP contribution is -2.45. The number of thiophene rings is 1. The van der Waals surface area contributed by atoms with Gasteiger partial charge in [-0.15, -0.1) is 11.3 Å². The zero-order valence-electron chi connectivity index (χ0n) is 15.1. The van der Waals surface area contributed by atoms with Crippen LogP contribution in [0.2, 0.25) is 0 Å². The molecular formula is C20H24N2O3S. The molecule has 0 radical (unpaired) electrons. The van der Waals surface area contributed by atoms with Crippen LogP contribution < -0.4 is 10.1 Å². The summed E-state index contributed by atoms with van der Waals surface area (Å²) in [5, 5.41) is 4.85. The summed E-state index contributed by atoms with van der Waals surface area (Å²) in [6, 6.07) is 11.0. The van der Waals surface area contributed by atoms with Gasteiger partial charge in [0.05, 0.1) is 11.0 Å². The van der Waals surface area contributed by atoms with Crippen molar-refractivity contribution in [3.63, 3.8) is 0 Å². The Bertz CT molecular complexity index is 758. The summed E-state index contributed by atoms with van der Waals surface area (Å²) in [4.78, 5) is 27.7. The molecule has 1 aromatic carbocycles. The topological polar surface area (TPSA) is 58.6 Å². The molecule has 3 rings (SSSR count). The third-order valence-electron chi connectivity index (χ3n) is 4.34. The SMILES string of the molecule is CC(C)Oc1ccccc1CNC(=O)[C@@H]1CCCN1C(=O)c1cccs1. The number of rotatable bonds is 6. The van der Waals surface area contributed by atoms with Crippen molar-refractivity contribution in [2.24, 2.45) is 0 Å². The molecule has 1 fully saturated rings. The van der Waals surface area contributed by atoms with Gasteiger partial charge in [-0.3, -0.25) is 9.59 Å². The molecule has 1 aliphatic heterocycles. The van der Waals surface area contributed by atoms with Gasteiger partial charge >= 0.3 is 0 Å². The maximum Gasteiger partial charge on any atom is 0.264 e. The van der Waals surface area contributed by atoms with E-state index in [1.807, 2.05) is 49.6 Å². The summed E-state index contributed by atoms with van der Waals surface area (Å²) in [5.41, 5.74) is 0.934. The highest BCUT2D eigenvalue weighted by molar-refractivity contribution is 7.12. The maximum atomic E-state index is 12.7. The van der Waals surface area contributed by atoms with Crippen LogP contribution in [0.4, 0.5) is 0 Å². The van der Waals surface area contributed by atoms with Crippen LogP contribution in [-0.4, -0.2) is 35.4 Å². The molecule has 1 aromatic heterocycles. The van der Waals surface area contributed by atoms with E-state index in [1.54, 1.807) is 11.0 Å². The van der Waals surface area contributed by atoms with Crippen molar-refractivity contribution in [2.45, 2.75) is 45.4 Å². The Morgan fingerprint density at radius 3 is 2.81 bits per heavy atom. The molecule has 6 heteroatoms. The minimum atomic E-state index is -0.400. The first kappa shape index (κ1) is 18.5. The lowest BCUT2D eigenvalue weighted by molar-refractivity contribution is -0.125. The summed E-state index contributed by atoms with van der Waals surface area (Å²) in [7, 11) is 0. The number of hydrogen-bond donors (Lipinski definition) is 1. The maximum absolute atomic E-state index is 12.7. The number of carbonyl (C=O) groups is 2. The smallest absolute Gasteiger partial charge is 0.264 e. The molecule has 1 atom stereocenters. The minimum absolute atomic E-state index is 0.0545. The lowest BCUT2D eigenvalue weighted by Gasteiger charge is -2.23. The van der Waals surface area contributed by atoms with E-state index in [2.05, 4.69) is 5.32 Å². The molecular weight excluding hydrogens is 348 g/mol. The Hall–Kier alpha value is -2.34. The Kier molecular flexibility index (Phi) is 5.93. The zero-order valence-corrected chi connectivity index (χ0v) is 15.9. The van der Waals surface area contributed by atoms with Crippen molar-refractivity contribution >= 4 is 23.2 Å². The second-order valence-corrected chi connectivity index (χ2v) is 7.57. The molecule has 2 heterocycles. The second kappa shape index (κ2) is 8.36. The molecule has 0 aliphatic carbocycles. The van der Waals surface area contributed by atoms with Gasteiger partial charge in [0, 0.05) is 18.7 Å². The number of para-hydroxylation sites is 1. The van der Waals surface area contributed by atoms with Crippen LogP contribution >= 0.6 is 11.3 Å². The highest BCUT2D eigenvalue weighted by atomic mass is 32.1. The normalized spacial score (nSPS) is 16.7. The van der Waals surface area contributed by atoms with Gasteiger partial charge in [-0.05, 0) is 44.2 Å². The molecule has 0 unspecified atom stereocenters. The van der Waals surface area contributed by atoms with E-state index in [0.717, 1.165) is 17.7 Å². The van der Waals surface area contributed by atoms with Gasteiger partial charge in [-0.1, -0.05) is 24.3 Å². The fourth-order valence-corrected chi connectivity index (χ4v) is 3.82. The fraction of sp³-hybridized carbons (Fsp3) is 0.400. The highest BCUT2D eigenvalue weighted by Gasteiger charge is 2.34. The van der Waals surface area contributed by atoms with Crippen molar-refractivity contribution in [1.29, 1.82) is 0 Å². The molecule has 0 saturated carbocycles. The molecule has 2 aromatic rings. The molecule has 5 nitrogen and oxygen atoms in total. The third kappa shape index (κ3) is 4.25. The summed E-state index contributed by atoms with van der Waals surface area (Å²) in [6.07, 6.45) is 1.62. The Morgan fingerprint density at radius 1 is 1.27 bits per heavy atom. The first-order valence-corrected chi connectivity index (χ1v) is 9.81. The summed E-state index contributed by atoms with van der Waals surface area (Å²) >= 11 is 1.41. The Labute approximate surface area is 158 Å². The zero-order chi connectivity index (χ0) is 18.5. The Balaban J connectivity index is 1.64. The van der Waals surface area contributed by atoms with E-state index >= 15 is 0 Å². The van der Waals surface area contributed by atoms with Gasteiger partial charge in [-0.25, -0.2) is 0 Å². The first-order chi connectivity index (χ1) is 12.6. The van der Waals surface area contributed by atoms with Crippen molar-refractivity contribution in [1.82, 2.24) is 10.2 Å². The summed E-state index contributed by atoms with van der Waals surface area (Å²) < 4.78 is 5.80. The largest absolute Gasteiger partial charge is 0.491 e. The number of carbonyl (C=O) groups excluding carboxylic acids is 2. The minimum Gasteiger partial charge on any atom is -0.491 e. The van der Waals surface area contributed by atoms with Crippen molar-refractivity contribution < 1.29 is 14.3 Å². The van der Waals surface area contributed by atoms with E-state index in [1.165, 1.54) is 11.3 Å². The monoisotopic (exact) mass is 372 g/mol. The fourth-order valence-electron chi connectivity index (χ4n) is 3.14. The van der Waals surface area contributed by atoms with Crippen LogP contribution in [0.1, 0.15) is 41.9 Å². The number of hydrogen-bond acceptors (Lipinski definition) is 4. The average Bonchev–Trinajstić information content (AvgIpc) is 3.31. The van der Waals surface area contributed by atoms with Crippen LogP contribution in [0.3, 0.4) is 0 Å². The van der Waals surface area contributed by atoms with Crippen LogP contribution in [0.15, 0.2) is 41.8 Å². The van der Waals surface area contributed by atoms with E-state index in [0.29, 0.717) is 24.4 Å². The number of benzene rings is 1. The van der Waals surface area contributed by atoms with Crippen LogP contribution in [-0.2, 0) is 11.3 Å². The molecule has 1 N–H and O–H groups in total. The van der Waals surface area contributed by atoms with Gasteiger partial charge < -0.3 is 15.0 Å². The standard InChI is InChI=1S/C20H24N2O3S/c1-14(2)25-17-9-4-3-7-15(17)13-21-19(23)16-8-5-11-22(16)20(24)18-10-6-12-26-18/h3-4,6-7,9-10,12,14,16H,5,8,11,13H2,1-2H3,(H,21,23)/t16-/m0/s1. The molecule has 1 aliphatic rings. The van der Waals surface area contributed by atoms with Gasteiger partial charge in [0.25, 0.3) is 5.91 Å². The quantitative estimate of drug-likeness (QED) is 0.845. The predicted molar refractivity (Wildman–Crippen MR) is 102 cm³/mol. The van der Waals surface area contributed by atoms with Crippen molar-refractivity contribution in [3.05, 3.63) is 52.2 Å². The van der Waals surface area contributed by atoms with E-state index < -0.39 is 6.04 Å². The van der Waals surface area contributed by atoms with E-state index in [-0.39, 0.29) is 17.9 Å². The number of amides is 2. The first-order valence-electron chi connectivity index (χ1n) is 8.93. The number of nitrogens with one attached hydrogen (secondary N) is 1. The predicted octanol–water partition coefficient (Wildman–Crippen LogP) is 3.46. The van der Waals surface area contributed by atoms with Crippen LogP contribution in [0.25, 0.3) is 0 Å². The molecule has 26 heavy (non-hydrogen) atoms. The summed E-state index contributed by atoms with van der Waals surface area (Å²) in [5.74, 6) is 0.619. The highest BCUT2D eigenvalue weighted by Crippen LogP contribution is 2.23. The van der Waals surface area contributed by atoms with E-state index in [4.69, 9.17) is 4.74 Å². The molecule has 0 spiro atoms. The van der Waals surface area contributed by atoms with Crippen LogP contribution in [0.5, 0.6) is 5.75 Å². The van der Waals surface area contributed by atoms with Gasteiger partial charge in [0.15, 0.2) is 0 Å². The van der Waals surface area contributed by atoms with Gasteiger partial charge in [0.2, 0.25) is 5.91 Å². The third-order valence-corrected chi connectivity index (χ3v) is 5.19. The van der Waals surface area contributed by atoms with Crippen LogP contribution in [0, 0.1) is 0 Å². The van der Waals surface area contributed by atoms with Crippen molar-refractivity contribution in [3.8, 4) is 5.75 Å². The molecule has 2 amide bonds. The second-order valence-electron chi connectivity index (χ2n) is 6.63. The molecule has 138 valence electrons. The van der Waals surface area contributed by atoms with Crippen molar-refractivity contribution in [2.75, 3.05) is 6.54 Å². The number of likely N-dealkylation sites (tertiary alicyclic amines) is 1. The van der Waals surface area contributed by atoms with Gasteiger partial charge in [-0.2, -0.15) is 0 Å². The average molecular weight is 372 g/mol. The molecule has 0 bridgehead atoms. The number of ether oxygens (including phenoxy) is 1. The van der Waals surface area contributed by atoms with E-state index in [9.17, 15) is 9.59 Å².